The molecule has 3 fully saturated rings. The lowest BCUT2D eigenvalue weighted by molar-refractivity contribution is -0.143. The van der Waals surface area contributed by atoms with E-state index in [1.54, 1.807) is 6.20 Å². The zero-order valence-electron chi connectivity index (χ0n) is 40.5. The van der Waals surface area contributed by atoms with Crippen LogP contribution in [0.25, 0.3) is 10.9 Å². The molecule has 0 saturated carbocycles. The van der Waals surface area contributed by atoms with Gasteiger partial charge in [0, 0.05) is 43.2 Å². The molecule has 2 aromatic rings. The second-order valence-corrected chi connectivity index (χ2v) is 18.6. The molecule has 3 saturated heterocycles. The molecule has 0 spiro atoms. The van der Waals surface area contributed by atoms with Gasteiger partial charge in [-0.2, -0.15) is 0 Å². The molecule has 11 N–H and O–H groups in total. The number of nitrogens with zero attached hydrogens (tertiary/aromatic N) is 3. The molecule has 4 heterocycles. The predicted molar refractivity (Wildman–Crippen MR) is 255 cm³/mol. The number of aliphatic hydroxyl groups is 1. The highest BCUT2D eigenvalue weighted by atomic mass is 16.3. The van der Waals surface area contributed by atoms with E-state index in [4.69, 9.17) is 5.73 Å². The fraction of sp³-hybridized carbons (Fsp3) is 0.617. The van der Waals surface area contributed by atoms with Gasteiger partial charge in [0.15, 0.2) is 0 Å². The average Bonchev–Trinajstić information content (AvgIpc) is 4.12. The van der Waals surface area contributed by atoms with E-state index in [1.165, 1.54) is 23.6 Å². The van der Waals surface area contributed by atoms with Crippen molar-refractivity contribution in [3.8, 4) is 0 Å². The monoisotopic (exact) mass is 979 g/mol. The van der Waals surface area contributed by atoms with Crippen LogP contribution >= 0.6 is 0 Å². The maximum atomic E-state index is 14.3. The van der Waals surface area contributed by atoms with E-state index in [0.29, 0.717) is 37.8 Å². The van der Waals surface area contributed by atoms with E-state index in [2.05, 4.69) is 42.2 Å². The number of benzene rings is 1. The summed E-state index contributed by atoms with van der Waals surface area (Å²) in [7, 11) is 3.80. The summed E-state index contributed by atoms with van der Waals surface area (Å²) in [4.78, 5) is 144. The summed E-state index contributed by atoms with van der Waals surface area (Å²) in [5.41, 5.74) is 7.15. The molecule has 1 unspecified atom stereocenters. The van der Waals surface area contributed by atoms with Gasteiger partial charge in [0.2, 0.25) is 59.1 Å². The van der Waals surface area contributed by atoms with Gasteiger partial charge in [-0.1, -0.05) is 18.2 Å². The third-order valence-corrected chi connectivity index (χ3v) is 13.0. The van der Waals surface area contributed by atoms with Crippen molar-refractivity contribution in [2.75, 3.05) is 46.9 Å². The number of nitrogens with two attached hydrogens (primary N) is 1. The Morgan fingerprint density at radius 3 is 2.14 bits per heavy atom. The second-order valence-electron chi connectivity index (χ2n) is 18.6. The SMILES string of the molecule is C[C@@H]1NC(=O)C[C@@H](C(=O)N2CCC[C@H]2C(N)=O)NC(=O)[C@@H](NC(=O)C2CCCN2C(=O)CO)CCCCNC(=O)[C@H](C)NC(=O)[C@H](Cc2c[nH]c3ccccc23)NC(=O)[C@H](CCCCN(C)C)NC1=O. The molecule has 10 amide bonds. The lowest BCUT2D eigenvalue weighted by Gasteiger charge is -2.30. The third-order valence-electron chi connectivity index (χ3n) is 13.0. The van der Waals surface area contributed by atoms with Crippen molar-refractivity contribution < 1.29 is 53.1 Å². The molecule has 3 aliphatic rings. The Morgan fingerprint density at radius 1 is 0.757 bits per heavy atom. The molecule has 0 aliphatic carbocycles. The van der Waals surface area contributed by atoms with Gasteiger partial charge >= 0.3 is 0 Å². The summed E-state index contributed by atoms with van der Waals surface area (Å²) >= 11 is 0. The summed E-state index contributed by atoms with van der Waals surface area (Å²) in [6.45, 7) is 3.10. The zero-order chi connectivity index (χ0) is 51.1. The number of fused-ring (bicyclic) bond motifs is 1. The molecule has 1 aromatic heterocycles. The first-order valence-corrected chi connectivity index (χ1v) is 24.2. The highest BCUT2D eigenvalue weighted by Crippen LogP contribution is 2.22. The minimum Gasteiger partial charge on any atom is -0.387 e. The van der Waals surface area contributed by atoms with Crippen molar-refractivity contribution in [1.29, 1.82) is 0 Å². The maximum Gasteiger partial charge on any atom is 0.248 e. The smallest absolute Gasteiger partial charge is 0.248 e. The molecule has 5 rings (SSSR count). The second kappa shape index (κ2) is 25.8. The predicted octanol–water partition coefficient (Wildman–Crippen LogP) is -2.46. The molecule has 23 nitrogen and oxygen atoms in total. The van der Waals surface area contributed by atoms with Crippen molar-refractivity contribution in [3.63, 3.8) is 0 Å². The van der Waals surface area contributed by atoms with E-state index in [1.807, 2.05) is 43.3 Å². The van der Waals surface area contributed by atoms with Crippen LogP contribution in [0.4, 0.5) is 0 Å². The van der Waals surface area contributed by atoms with Crippen molar-refractivity contribution in [1.82, 2.24) is 56.9 Å². The van der Waals surface area contributed by atoms with Crippen LogP contribution in [0, 0.1) is 0 Å². The number of aliphatic hydroxyl groups excluding tert-OH is 1. The topological polar surface area (TPSA) is 327 Å². The third kappa shape index (κ3) is 14.9. The Hall–Kier alpha value is -6.62. The lowest BCUT2D eigenvalue weighted by Crippen LogP contribution is -2.59. The standard InChI is InChI=1S/C47H70N12O11/c1-27-41(64)49-19-9-7-15-33(54-46(69)37-18-12-21-58(37)39(62)26-60)44(67)56-35(47(70)59-22-11-17-36(59)40(48)63)24-38(61)51-28(2)42(65)53-32(16-8-10-20-57(3)4)43(66)55-34(45(68)52-27)23-29-25-50-31-14-6-5-13-30(29)31/h5-6,13-14,25,27-28,32-37,50,60H,7-12,15-24,26H2,1-4H3,(H2,48,63)(H,49,64)(H,51,61)(H,52,68)(H,53,65)(H,54,69)(H,55,66)(H,56,67)/t27-,28-,32-,33-,34-,35-,36-,37?/m0/s1. The van der Waals surface area contributed by atoms with Crippen LogP contribution in [0.3, 0.4) is 0 Å². The average molecular weight is 979 g/mol. The first-order valence-electron chi connectivity index (χ1n) is 24.2. The van der Waals surface area contributed by atoms with E-state index < -0.39 is 120 Å². The van der Waals surface area contributed by atoms with Crippen LogP contribution in [-0.4, -0.2) is 179 Å². The van der Waals surface area contributed by atoms with Gasteiger partial charge in [-0.05, 0) is 110 Å². The van der Waals surface area contributed by atoms with Crippen LogP contribution in [-0.2, 0) is 54.4 Å². The summed E-state index contributed by atoms with van der Waals surface area (Å²) in [5.74, 6) is -7.33. The number of hydrogen-bond acceptors (Lipinski definition) is 12. The molecule has 70 heavy (non-hydrogen) atoms. The number of likely N-dealkylation sites (tertiary alicyclic amines) is 2. The highest BCUT2D eigenvalue weighted by Gasteiger charge is 2.40. The lowest BCUT2D eigenvalue weighted by atomic mass is 10.0. The molecule has 8 atom stereocenters. The van der Waals surface area contributed by atoms with Crippen molar-refractivity contribution in [2.45, 2.75) is 139 Å². The van der Waals surface area contributed by atoms with Gasteiger partial charge < -0.3 is 67.7 Å². The Labute approximate surface area is 406 Å². The normalized spacial score (nSPS) is 26.1. The number of unbranched alkanes of at least 4 members (excludes halogenated alkanes) is 1. The molecule has 0 radical (unpaired) electrons. The fourth-order valence-electron chi connectivity index (χ4n) is 9.08. The minimum absolute atomic E-state index is 0.0160. The Kier molecular flexibility index (Phi) is 20.0. The number of H-pyrrole nitrogens is 1. The molecule has 384 valence electrons. The number of rotatable bonds is 12. The van der Waals surface area contributed by atoms with Gasteiger partial charge in [-0.25, -0.2) is 0 Å². The van der Waals surface area contributed by atoms with E-state index in [-0.39, 0.29) is 64.6 Å². The number of primary amides is 1. The molecule has 3 aliphatic heterocycles. The van der Waals surface area contributed by atoms with E-state index >= 15 is 0 Å². The van der Waals surface area contributed by atoms with Crippen molar-refractivity contribution in [2.24, 2.45) is 5.73 Å². The number of para-hydroxylation sites is 1. The number of aromatic amines is 1. The van der Waals surface area contributed by atoms with Crippen molar-refractivity contribution >= 4 is 70.0 Å². The molecule has 0 bridgehead atoms. The molecular formula is C47H70N12O11. The fourth-order valence-corrected chi connectivity index (χ4v) is 9.08. The molecule has 1 aromatic carbocycles. The number of nitrogens with one attached hydrogen (secondary N) is 8. The van der Waals surface area contributed by atoms with Crippen LogP contribution in [0.15, 0.2) is 30.5 Å². The van der Waals surface area contributed by atoms with Crippen LogP contribution in [0.5, 0.6) is 0 Å². The number of hydrogen-bond donors (Lipinski definition) is 10. The van der Waals surface area contributed by atoms with Gasteiger partial charge in [0.25, 0.3) is 0 Å². The number of aromatic nitrogens is 1. The zero-order valence-corrected chi connectivity index (χ0v) is 40.5. The number of amides is 10. The van der Waals surface area contributed by atoms with E-state index in [0.717, 1.165) is 10.9 Å². The quantitative estimate of drug-likeness (QED) is 0.0991. The van der Waals surface area contributed by atoms with Gasteiger partial charge in [0.1, 0.15) is 54.9 Å². The Bertz CT molecular complexity index is 2240. The largest absolute Gasteiger partial charge is 0.387 e. The minimum atomic E-state index is -1.61. The van der Waals surface area contributed by atoms with E-state index in [9.17, 15) is 53.1 Å². The summed E-state index contributed by atoms with van der Waals surface area (Å²) in [5, 5.41) is 29.2. The summed E-state index contributed by atoms with van der Waals surface area (Å²) in [6.07, 6.45) is 4.19. The van der Waals surface area contributed by atoms with Crippen LogP contribution in [0.1, 0.15) is 90.0 Å². The molecular weight excluding hydrogens is 909 g/mol. The van der Waals surface area contributed by atoms with Crippen LogP contribution in [0.2, 0.25) is 0 Å². The number of carbonyl (C=O) groups excluding carboxylic acids is 10. The highest BCUT2D eigenvalue weighted by molar-refractivity contribution is 5.99. The first-order chi connectivity index (χ1) is 33.4. The Morgan fingerprint density at radius 2 is 1.43 bits per heavy atom. The van der Waals surface area contributed by atoms with Crippen LogP contribution < -0.4 is 43.0 Å². The molecule has 23 heteroatoms. The summed E-state index contributed by atoms with van der Waals surface area (Å²) in [6, 6.07) is -2.31. The van der Waals surface area contributed by atoms with Gasteiger partial charge in [-0.15, -0.1) is 0 Å². The van der Waals surface area contributed by atoms with Gasteiger partial charge in [-0.3, -0.25) is 47.9 Å². The van der Waals surface area contributed by atoms with Gasteiger partial charge in [0.05, 0.1) is 6.42 Å². The first kappa shape index (κ1) is 54.3. The Balaban J connectivity index is 1.45. The maximum absolute atomic E-state index is 14.3. The van der Waals surface area contributed by atoms with Crippen molar-refractivity contribution in [3.05, 3.63) is 36.0 Å². The number of carbonyl (C=O) groups is 10. The summed E-state index contributed by atoms with van der Waals surface area (Å²) < 4.78 is 0.